The molecule has 2 aromatic heterocycles. The lowest BCUT2D eigenvalue weighted by atomic mass is 10.3. The minimum Gasteiger partial charge on any atom is -0.503 e. The molecule has 5 heteroatoms. The average molecular weight is 272 g/mol. The lowest BCUT2D eigenvalue weighted by Gasteiger charge is -2.09. The minimum absolute atomic E-state index is 0.191. The van der Waals surface area contributed by atoms with Gasteiger partial charge in [0.25, 0.3) is 0 Å². The first kappa shape index (κ1) is 11.9. The molecule has 0 fully saturated rings. The SMILES string of the molecule is Cc1c(O)c(=O)ccn1Cc1nc2ccccc2s1. The van der Waals surface area contributed by atoms with Crippen LogP contribution >= 0.6 is 11.3 Å². The first-order valence-electron chi connectivity index (χ1n) is 5.88. The lowest BCUT2D eigenvalue weighted by molar-refractivity contribution is 0.455. The summed E-state index contributed by atoms with van der Waals surface area (Å²) in [5.74, 6) is -0.191. The summed E-state index contributed by atoms with van der Waals surface area (Å²) in [6.07, 6.45) is 1.68. The van der Waals surface area contributed by atoms with E-state index in [9.17, 15) is 9.90 Å². The number of thiazole rings is 1. The lowest BCUT2D eigenvalue weighted by Crippen LogP contribution is -2.10. The third-order valence-corrected chi connectivity index (χ3v) is 4.08. The Morgan fingerprint density at radius 1 is 1.32 bits per heavy atom. The first-order chi connectivity index (χ1) is 9.15. The van der Waals surface area contributed by atoms with Gasteiger partial charge in [-0.15, -0.1) is 11.3 Å². The molecule has 0 saturated carbocycles. The number of hydrogen-bond donors (Lipinski definition) is 1. The molecule has 0 aliphatic rings. The highest BCUT2D eigenvalue weighted by Gasteiger charge is 2.08. The minimum atomic E-state index is -0.349. The number of nitrogens with zero attached hydrogens (tertiary/aromatic N) is 2. The Hall–Kier alpha value is -2.14. The molecule has 3 aromatic rings. The van der Waals surface area contributed by atoms with Gasteiger partial charge in [-0.1, -0.05) is 12.1 Å². The van der Waals surface area contributed by atoms with Gasteiger partial charge in [-0.05, 0) is 19.1 Å². The van der Waals surface area contributed by atoms with Crippen molar-refractivity contribution in [2.45, 2.75) is 13.5 Å². The maximum absolute atomic E-state index is 11.3. The van der Waals surface area contributed by atoms with E-state index in [2.05, 4.69) is 4.98 Å². The Kier molecular flexibility index (Phi) is 2.83. The smallest absolute Gasteiger partial charge is 0.223 e. The number of fused-ring (bicyclic) bond motifs is 1. The number of benzene rings is 1. The molecule has 19 heavy (non-hydrogen) atoms. The number of pyridine rings is 1. The van der Waals surface area contributed by atoms with Gasteiger partial charge in [0.15, 0.2) is 5.75 Å². The van der Waals surface area contributed by atoms with Crippen molar-refractivity contribution in [3.05, 3.63) is 57.5 Å². The summed E-state index contributed by atoms with van der Waals surface area (Å²) in [5.41, 5.74) is 1.19. The molecule has 0 atom stereocenters. The Labute approximate surface area is 113 Å². The highest BCUT2D eigenvalue weighted by atomic mass is 32.1. The zero-order valence-corrected chi connectivity index (χ0v) is 11.1. The number of aromatic hydroxyl groups is 1. The van der Waals surface area contributed by atoms with Crippen LogP contribution in [0.2, 0.25) is 0 Å². The van der Waals surface area contributed by atoms with Crippen molar-refractivity contribution < 1.29 is 5.11 Å². The van der Waals surface area contributed by atoms with Gasteiger partial charge in [-0.2, -0.15) is 0 Å². The van der Waals surface area contributed by atoms with E-state index in [1.165, 1.54) is 6.07 Å². The van der Waals surface area contributed by atoms with E-state index in [0.717, 1.165) is 15.2 Å². The standard InChI is InChI=1S/C14H12N2O2S/c1-9-14(18)11(17)6-7-16(9)8-13-15-10-4-2-3-5-12(10)19-13/h2-7,18H,8H2,1H3. The molecule has 0 amide bonds. The Morgan fingerprint density at radius 3 is 2.89 bits per heavy atom. The van der Waals surface area contributed by atoms with Crippen molar-refractivity contribution in [1.29, 1.82) is 0 Å². The van der Waals surface area contributed by atoms with Crippen LogP contribution in [0.25, 0.3) is 10.2 Å². The molecular weight excluding hydrogens is 260 g/mol. The number of aromatic nitrogens is 2. The van der Waals surface area contributed by atoms with Gasteiger partial charge in [-0.25, -0.2) is 4.98 Å². The molecule has 1 aromatic carbocycles. The van der Waals surface area contributed by atoms with Crippen LogP contribution in [-0.2, 0) is 6.54 Å². The Morgan fingerprint density at radius 2 is 2.11 bits per heavy atom. The fraction of sp³-hybridized carbons (Fsp3) is 0.143. The van der Waals surface area contributed by atoms with Crippen molar-refractivity contribution in [1.82, 2.24) is 9.55 Å². The summed E-state index contributed by atoms with van der Waals surface area (Å²) < 4.78 is 2.97. The van der Waals surface area contributed by atoms with Crippen LogP contribution in [0.1, 0.15) is 10.7 Å². The van der Waals surface area contributed by atoms with Gasteiger partial charge >= 0.3 is 0 Å². The molecule has 0 aliphatic carbocycles. The predicted octanol–water partition coefficient (Wildman–Crippen LogP) is 2.52. The highest BCUT2D eigenvalue weighted by Crippen LogP contribution is 2.23. The molecule has 0 spiro atoms. The van der Waals surface area contributed by atoms with Gasteiger partial charge in [0.1, 0.15) is 5.01 Å². The normalized spacial score (nSPS) is 11.0. The van der Waals surface area contributed by atoms with Crippen LogP contribution in [0.3, 0.4) is 0 Å². The molecule has 0 unspecified atom stereocenters. The number of para-hydroxylation sites is 1. The van der Waals surface area contributed by atoms with Crippen LogP contribution in [0.4, 0.5) is 0 Å². The zero-order chi connectivity index (χ0) is 13.4. The second-order valence-corrected chi connectivity index (χ2v) is 5.43. The second-order valence-electron chi connectivity index (χ2n) is 4.32. The molecule has 3 rings (SSSR count). The average Bonchev–Trinajstić information content (AvgIpc) is 2.82. The monoisotopic (exact) mass is 272 g/mol. The van der Waals surface area contributed by atoms with Gasteiger partial charge in [0, 0.05) is 12.3 Å². The van der Waals surface area contributed by atoms with Crippen molar-refractivity contribution >= 4 is 21.6 Å². The van der Waals surface area contributed by atoms with Gasteiger partial charge in [-0.3, -0.25) is 4.79 Å². The first-order valence-corrected chi connectivity index (χ1v) is 6.70. The van der Waals surface area contributed by atoms with Crippen molar-refractivity contribution in [2.24, 2.45) is 0 Å². The molecule has 0 radical (unpaired) electrons. The van der Waals surface area contributed by atoms with Gasteiger partial charge < -0.3 is 9.67 Å². The van der Waals surface area contributed by atoms with Crippen molar-refractivity contribution in [3.63, 3.8) is 0 Å². The summed E-state index contributed by atoms with van der Waals surface area (Å²) in [6, 6.07) is 9.33. The van der Waals surface area contributed by atoms with E-state index in [1.807, 2.05) is 28.8 Å². The largest absolute Gasteiger partial charge is 0.503 e. The fourth-order valence-corrected chi connectivity index (χ4v) is 2.93. The topological polar surface area (TPSA) is 55.1 Å². The maximum atomic E-state index is 11.3. The molecule has 0 bridgehead atoms. The maximum Gasteiger partial charge on any atom is 0.223 e. The third-order valence-electron chi connectivity index (χ3n) is 3.06. The fourth-order valence-electron chi connectivity index (χ4n) is 1.97. The van der Waals surface area contributed by atoms with Crippen molar-refractivity contribution in [3.8, 4) is 5.75 Å². The van der Waals surface area contributed by atoms with E-state index < -0.39 is 0 Å². The zero-order valence-electron chi connectivity index (χ0n) is 10.3. The number of hydrogen-bond acceptors (Lipinski definition) is 4. The Balaban J connectivity index is 2.01. The van der Waals surface area contributed by atoms with E-state index in [4.69, 9.17) is 0 Å². The number of rotatable bonds is 2. The summed E-state index contributed by atoms with van der Waals surface area (Å²) >= 11 is 1.62. The van der Waals surface area contributed by atoms with E-state index in [1.54, 1.807) is 24.5 Å². The van der Waals surface area contributed by atoms with Gasteiger partial charge in [0.05, 0.1) is 22.5 Å². The summed E-state index contributed by atoms with van der Waals surface area (Å²) in [6.45, 7) is 2.28. The molecule has 1 N–H and O–H groups in total. The van der Waals surface area contributed by atoms with Crippen LogP contribution < -0.4 is 5.43 Å². The summed E-state index contributed by atoms with van der Waals surface area (Å²) in [4.78, 5) is 15.8. The summed E-state index contributed by atoms with van der Waals surface area (Å²) in [5, 5.41) is 10.6. The molecule has 0 aliphatic heterocycles. The third kappa shape index (κ3) is 2.13. The molecule has 0 saturated heterocycles. The predicted molar refractivity (Wildman–Crippen MR) is 75.8 cm³/mol. The molecule has 2 heterocycles. The molecular formula is C14H12N2O2S. The molecule has 96 valence electrons. The highest BCUT2D eigenvalue weighted by molar-refractivity contribution is 7.18. The van der Waals surface area contributed by atoms with Gasteiger partial charge in [0.2, 0.25) is 5.43 Å². The summed E-state index contributed by atoms with van der Waals surface area (Å²) in [7, 11) is 0. The van der Waals surface area contributed by atoms with Crippen molar-refractivity contribution in [2.75, 3.05) is 0 Å². The van der Waals surface area contributed by atoms with Crippen LogP contribution in [-0.4, -0.2) is 14.7 Å². The second kappa shape index (κ2) is 4.51. The molecule has 4 nitrogen and oxygen atoms in total. The Bertz CT molecular complexity index is 772. The van der Waals surface area contributed by atoms with E-state index in [-0.39, 0.29) is 11.2 Å². The van der Waals surface area contributed by atoms with E-state index in [0.29, 0.717) is 12.2 Å². The van der Waals surface area contributed by atoms with E-state index >= 15 is 0 Å². The van der Waals surface area contributed by atoms with Crippen LogP contribution in [0.5, 0.6) is 5.75 Å². The quantitative estimate of drug-likeness (QED) is 0.780. The van der Waals surface area contributed by atoms with Crippen LogP contribution in [0, 0.1) is 6.92 Å². The van der Waals surface area contributed by atoms with Crippen LogP contribution in [0.15, 0.2) is 41.3 Å².